The third kappa shape index (κ3) is 3.40. The monoisotopic (exact) mass is 318 g/mol. The summed E-state index contributed by atoms with van der Waals surface area (Å²) in [5.41, 5.74) is 5.77. The SMILES string of the molecule is CCNc1nc(N)c(C(=O)N2CCCS(=O)(=O)CC2)s1. The van der Waals surface area contributed by atoms with Gasteiger partial charge in [0.25, 0.3) is 5.91 Å². The number of amides is 1. The van der Waals surface area contributed by atoms with E-state index >= 15 is 0 Å². The lowest BCUT2D eigenvalue weighted by Crippen LogP contribution is -2.33. The van der Waals surface area contributed by atoms with Gasteiger partial charge in [-0.2, -0.15) is 0 Å². The summed E-state index contributed by atoms with van der Waals surface area (Å²) < 4.78 is 23.1. The Hall–Kier alpha value is -1.35. The largest absolute Gasteiger partial charge is 0.382 e. The van der Waals surface area contributed by atoms with Crippen LogP contribution in [0.3, 0.4) is 0 Å². The second kappa shape index (κ2) is 5.96. The van der Waals surface area contributed by atoms with Crippen LogP contribution >= 0.6 is 11.3 Å². The molecule has 0 radical (unpaired) electrons. The van der Waals surface area contributed by atoms with Crippen LogP contribution in [-0.4, -0.2) is 55.3 Å². The van der Waals surface area contributed by atoms with Gasteiger partial charge in [-0.1, -0.05) is 11.3 Å². The van der Waals surface area contributed by atoms with Gasteiger partial charge in [-0.25, -0.2) is 13.4 Å². The standard InChI is InChI=1S/C11H18N4O3S2/c1-2-13-11-14-9(12)8(19-11)10(16)15-4-3-6-20(17,18)7-5-15/h2-7,12H2,1H3,(H,13,14). The van der Waals surface area contributed by atoms with Crippen LogP contribution in [0.4, 0.5) is 10.9 Å². The van der Waals surface area contributed by atoms with Gasteiger partial charge in [-0.15, -0.1) is 0 Å². The summed E-state index contributed by atoms with van der Waals surface area (Å²) in [6.45, 7) is 3.28. The molecule has 0 saturated carbocycles. The first-order chi connectivity index (χ1) is 9.43. The minimum absolute atomic E-state index is 0.0114. The van der Waals surface area contributed by atoms with E-state index < -0.39 is 9.84 Å². The van der Waals surface area contributed by atoms with E-state index in [4.69, 9.17) is 5.73 Å². The topological polar surface area (TPSA) is 105 Å². The molecule has 1 amide bonds. The molecule has 1 aliphatic heterocycles. The molecule has 0 atom stereocenters. The molecule has 1 fully saturated rings. The zero-order chi connectivity index (χ0) is 14.8. The fourth-order valence-corrected chi connectivity index (χ4v) is 4.19. The van der Waals surface area contributed by atoms with E-state index in [2.05, 4.69) is 10.3 Å². The maximum Gasteiger partial charge on any atom is 0.267 e. The van der Waals surface area contributed by atoms with Crippen molar-refractivity contribution in [2.75, 3.05) is 42.2 Å². The van der Waals surface area contributed by atoms with E-state index in [0.29, 0.717) is 29.5 Å². The molecule has 1 aromatic heterocycles. The van der Waals surface area contributed by atoms with Crippen LogP contribution in [0.2, 0.25) is 0 Å². The second-order valence-electron chi connectivity index (χ2n) is 4.56. The number of nitrogens with one attached hydrogen (secondary N) is 1. The zero-order valence-electron chi connectivity index (χ0n) is 11.3. The summed E-state index contributed by atoms with van der Waals surface area (Å²) in [6.07, 6.45) is 0.465. The molecule has 0 aliphatic carbocycles. The highest BCUT2D eigenvalue weighted by Gasteiger charge is 2.26. The maximum absolute atomic E-state index is 12.4. The second-order valence-corrected chi connectivity index (χ2v) is 7.86. The number of nitrogens with zero attached hydrogens (tertiary/aromatic N) is 2. The first-order valence-electron chi connectivity index (χ1n) is 6.43. The molecule has 1 saturated heterocycles. The molecule has 0 aromatic carbocycles. The van der Waals surface area contributed by atoms with Crippen LogP contribution in [0.5, 0.6) is 0 Å². The van der Waals surface area contributed by atoms with Crippen LogP contribution in [-0.2, 0) is 9.84 Å². The number of nitrogens with two attached hydrogens (primary N) is 1. The van der Waals surface area contributed by atoms with E-state index in [1.807, 2.05) is 6.92 Å². The van der Waals surface area contributed by atoms with Gasteiger partial charge in [-0.3, -0.25) is 4.79 Å². The number of thiazole rings is 1. The van der Waals surface area contributed by atoms with Crippen molar-refractivity contribution in [2.24, 2.45) is 0 Å². The predicted octanol–water partition coefficient (Wildman–Crippen LogP) is 0.418. The summed E-state index contributed by atoms with van der Waals surface area (Å²) in [5, 5.41) is 3.62. The van der Waals surface area contributed by atoms with Gasteiger partial charge >= 0.3 is 0 Å². The molecule has 2 rings (SSSR count). The van der Waals surface area contributed by atoms with Crippen molar-refractivity contribution < 1.29 is 13.2 Å². The Morgan fingerprint density at radius 1 is 1.45 bits per heavy atom. The molecule has 2 heterocycles. The van der Waals surface area contributed by atoms with Crippen molar-refractivity contribution in [3.05, 3.63) is 4.88 Å². The summed E-state index contributed by atoms with van der Waals surface area (Å²) >= 11 is 1.20. The molecule has 0 bridgehead atoms. The van der Waals surface area contributed by atoms with Gasteiger partial charge in [0.05, 0.1) is 11.5 Å². The fourth-order valence-electron chi connectivity index (χ4n) is 2.00. The summed E-state index contributed by atoms with van der Waals surface area (Å²) in [5.74, 6) is 0.110. The highest BCUT2D eigenvalue weighted by atomic mass is 32.2. The smallest absolute Gasteiger partial charge is 0.267 e. The molecule has 112 valence electrons. The first kappa shape index (κ1) is 15.0. The molecular weight excluding hydrogens is 300 g/mol. The Kier molecular flexibility index (Phi) is 4.48. The van der Waals surface area contributed by atoms with Crippen LogP contribution in [0.15, 0.2) is 0 Å². The number of sulfone groups is 1. The lowest BCUT2D eigenvalue weighted by molar-refractivity contribution is 0.0774. The van der Waals surface area contributed by atoms with Crippen LogP contribution in [0.25, 0.3) is 0 Å². The van der Waals surface area contributed by atoms with Gasteiger partial charge in [0.15, 0.2) is 15.0 Å². The van der Waals surface area contributed by atoms with E-state index in [9.17, 15) is 13.2 Å². The quantitative estimate of drug-likeness (QED) is 0.836. The minimum atomic E-state index is -3.03. The Bertz CT molecular complexity index is 597. The number of hydrogen-bond donors (Lipinski definition) is 2. The summed E-state index contributed by atoms with van der Waals surface area (Å²) in [4.78, 5) is 18.4. The molecule has 9 heteroatoms. The molecule has 0 unspecified atom stereocenters. The van der Waals surface area contributed by atoms with Crippen molar-refractivity contribution in [1.82, 2.24) is 9.88 Å². The zero-order valence-corrected chi connectivity index (χ0v) is 12.9. The number of nitrogen functional groups attached to an aromatic ring is 1. The van der Waals surface area contributed by atoms with Crippen molar-refractivity contribution in [3.8, 4) is 0 Å². The molecular formula is C11H18N4O3S2. The lowest BCUT2D eigenvalue weighted by atomic mass is 10.3. The number of carbonyl (C=O) groups is 1. The van der Waals surface area contributed by atoms with E-state index in [-0.39, 0.29) is 29.8 Å². The maximum atomic E-state index is 12.4. The number of carbonyl (C=O) groups excluding carboxylic acids is 1. The average molecular weight is 318 g/mol. The van der Waals surface area contributed by atoms with Gasteiger partial charge in [-0.05, 0) is 13.3 Å². The highest BCUT2D eigenvalue weighted by molar-refractivity contribution is 7.91. The average Bonchev–Trinajstić information content (AvgIpc) is 2.63. The van der Waals surface area contributed by atoms with E-state index in [1.54, 1.807) is 4.90 Å². The van der Waals surface area contributed by atoms with Gasteiger partial charge in [0, 0.05) is 19.6 Å². The minimum Gasteiger partial charge on any atom is -0.382 e. The number of hydrogen-bond acceptors (Lipinski definition) is 7. The fraction of sp³-hybridized carbons (Fsp3) is 0.636. The third-order valence-electron chi connectivity index (χ3n) is 3.02. The normalized spacial score (nSPS) is 18.6. The van der Waals surface area contributed by atoms with Gasteiger partial charge < -0.3 is 16.0 Å². The Morgan fingerprint density at radius 3 is 2.90 bits per heavy atom. The highest BCUT2D eigenvalue weighted by Crippen LogP contribution is 2.26. The summed E-state index contributed by atoms with van der Waals surface area (Å²) in [7, 11) is -3.03. The lowest BCUT2D eigenvalue weighted by Gasteiger charge is -2.18. The molecule has 0 spiro atoms. The molecule has 7 nitrogen and oxygen atoms in total. The molecule has 1 aliphatic rings. The van der Waals surface area contributed by atoms with Crippen molar-refractivity contribution in [1.29, 1.82) is 0 Å². The van der Waals surface area contributed by atoms with Crippen LogP contribution < -0.4 is 11.1 Å². The Morgan fingerprint density at radius 2 is 2.20 bits per heavy atom. The van der Waals surface area contributed by atoms with Gasteiger partial charge in [0.1, 0.15) is 10.7 Å². The van der Waals surface area contributed by atoms with Crippen molar-refractivity contribution in [3.63, 3.8) is 0 Å². The molecule has 1 aromatic rings. The third-order valence-corrected chi connectivity index (χ3v) is 5.75. The van der Waals surface area contributed by atoms with Crippen molar-refractivity contribution >= 4 is 38.0 Å². The predicted molar refractivity (Wildman–Crippen MR) is 79.9 cm³/mol. The van der Waals surface area contributed by atoms with E-state index in [1.165, 1.54) is 11.3 Å². The van der Waals surface area contributed by atoms with E-state index in [0.717, 1.165) is 0 Å². The number of aromatic nitrogens is 1. The Balaban J connectivity index is 2.14. The van der Waals surface area contributed by atoms with Crippen LogP contribution in [0.1, 0.15) is 23.0 Å². The summed E-state index contributed by atoms with van der Waals surface area (Å²) in [6, 6.07) is 0. The van der Waals surface area contributed by atoms with Crippen LogP contribution in [0, 0.1) is 0 Å². The first-order valence-corrected chi connectivity index (χ1v) is 9.06. The number of anilines is 2. The molecule has 3 N–H and O–H groups in total. The molecule has 20 heavy (non-hydrogen) atoms. The Labute approximate surface area is 122 Å². The van der Waals surface area contributed by atoms with Gasteiger partial charge in [0.2, 0.25) is 0 Å². The number of rotatable bonds is 3. The van der Waals surface area contributed by atoms with Crippen molar-refractivity contribution in [2.45, 2.75) is 13.3 Å².